The number of nitrogens with zero attached hydrogens (tertiary/aromatic N) is 1. The first-order valence-electron chi connectivity index (χ1n) is 11.8. The van der Waals surface area contributed by atoms with Gasteiger partial charge < -0.3 is 20.5 Å². The molecule has 0 aliphatic heterocycles. The first-order chi connectivity index (χ1) is 17.6. The number of benzene rings is 3. The maximum absolute atomic E-state index is 13.8. The minimum atomic E-state index is -1.06. The molecule has 3 N–H and O–H groups in total. The number of fused-ring (bicyclic) bond motifs is 1. The van der Waals surface area contributed by atoms with E-state index in [2.05, 4.69) is 5.32 Å². The molecule has 0 spiro atoms. The molecule has 3 aromatic rings. The van der Waals surface area contributed by atoms with Crippen LogP contribution in [0.4, 0.5) is 10.5 Å². The summed E-state index contributed by atoms with van der Waals surface area (Å²) in [5, 5.41) is 3.86. The van der Waals surface area contributed by atoms with Crippen LogP contribution in [0.1, 0.15) is 36.7 Å². The van der Waals surface area contributed by atoms with Gasteiger partial charge >= 0.3 is 12.1 Å². The zero-order valence-corrected chi connectivity index (χ0v) is 21.3. The summed E-state index contributed by atoms with van der Waals surface area (Å²) in [6.07, 6.45) is -0.766. The van der Waals surface area contributed by atoms with Crippen LogP contribution in [0.3, 0.4) is 0 Å². The molecule has 0 heterocycles. The lowest BCUT2D eigenvalue weighted by Gasteiger charge is -2.31. The molecule has 194 valence electrons. The number of esters is 1. The molecule has 0 aliphatic carbocycles. The summed E-state index contributed by atoms with van der Waals surface area (Å²) in [7, 11) is 1.22. The number of carbonyl (C=O) groups is 4. The number of anilines is 1. The number of methoxy groups -OCH3 is 1. The van der Waals surface area contributed by atoms with Crippen LogP contribution in [-0.4, -0.2) is 49.0 Å². The molecule has 37 heavy (non-hydrogen) atoms. The number of rotatable bonds is 9. The van der Waals surface area contributed by atoms with Crippen molar-refractivity contribution in [3.05, 3.63) is 77.9 Å². The fraction of sp³-hybridized carbons (Fsp3) is 0.286. The highest BCUT2D eigenvalue weighted by Gasteiger charge is 2.34. The minimum Gasteiger partial charge on any atom is -0.467 e. The second kappa shape index (κ2) is 12.1. The maximum Gasteiger partial charge on any atom is 0.408 e. The van der Waals surface area contributed by atoms with Gasteiger partial charge in [-0.1, -0.05) is 60.7 Å². The first-order valence-corrected chi connectivity index (χ1v) is 11.8. The first kappa shape index (κ1) is 27.3. The number of Topliss-reactive ketones (excluding diaryl/α,β-unsaturated/α-hetero) is 1. The summed E-state index contributed by atoms with van der Waals surface area (Å²) in [6, 6.07) is 16.6. The molecule has 9 nitrogen and oxygen atoms in total. The number of amides is 2. The third-order valence-corrected chi connectivity index (χ3v) is 5.91. The van der Waals surface area contributed by atoms with Crippen molar-refractivity contribution in [2.75, 3.05) is 12.0 Å². The van der Waals surface area contributed by atoms with E-state index < -0.39 is 41.9 Å². The van der Waals surface area contributed by atoms with Crippen LogP contribution in [0, 0.1) is 0 Å². The topological polar surface area (TPSA) is 128 Å². The average Bonchev–Trinajstić information content (AvgIpc) is 2.91. The van der Waals surface area contributed by atoms with Gasteiger partial charge in [0, 0.05) is 0 Å². The van der Waals surface area contributed by atoms with Gasteiger partial charge in [-0.2, -0.15) is 0 Å². The summed E-state index contributed by atoms with van der Waals surface area (Å²) < 4.78 is 10.1. The molecular formula is C28H31N3O6. The summed E-state index contributed by atoms with van der Waals surface area (Å²) in [6.45, 7) is 4.56. The Kier molecular flexibility index (Phi) is 8.97. The van der Waals surface area contributed by atoms with E-state index in [1.54, 1.807) is 24.3 Å². The molecule has 2 amide bonds. The fourth-order valence-corrected chi connectivity index (χ4v) is 3.96. The molecule has 0 aliphatic rings. The SMILES string of the molecule is COC(=O)[C@H](C)N(C(=O)[C@H](C)N)c1ccc2ccccc2c1C(=O)[C@@H](C)NC(=O)OCc1ccccc1. The molecule has 0 radical (unpaired) electrons. The molecule has 0 fully saturated rings. The van der Waals surface area contributed by atoms with Gasteiger partial charge in [0.2, 0.25) is 5.91 Å². The van der Waals surface area contributed by atoms with Gasteiger partial charge in [0.1, 0.15) is 12.6 Å². The van der Waals surface area contributed by atoms with Crippen molar-refractivity contribution in [1.29, 1.82) is 0 Å². The van der Waals surface area contributed by atoms with Crippen molar-refractivity contribution in [3.63, 3.8) is 0 Å². The normalized spacial score (nSPS) is 13.2. The number of nitrogens with one attached hydrogen (secondary N) is 1. The van der Waals surface area contributed by atoms with Crippen molar-refractivity contribution >= 4 is 40.2 Å². The summed E-state index contributed by atoms with van der Waals surface area (Å²) in [5.74, 6) is -1.70. The van der Waals surface area contributed by atoms with Crippen molar-refractivity contribution in [2.45, 2.75) is 45.5 Å². The molecule has 0 unspecified atom stereocenters. The van der Waals surface area contributed by atoms with E-state index in [0.717, 1.165) is 10.9 Å². The molecule has 0 saturated heterocycles. The van der Waals surface area contributed by atoms with Crippen molar-refractivity contribution < 1.29 is 28.7 Å². The van der Waals surface area contributed by atoms with Gasteiger partial charge in [0.25, 0.3) is 0 Å². The monoisotopic (exact) mass is 505 g/mol. The Balaban J connectivity index is 1.99. The Labute approximate surface area is 215 Å². The largest absolute Gasteiger partial charge is 0.467 e. The maximum atomic E-state index is 13.8. The van der Waals surface area contributed by atoms with E-state index in [-0.39, 0.29) is 17.9 Å². The Bertz CT molecular complexity index is 1290. The minimum absolute atomic E-state index is 0.0421. The van der Waals surface area contributed by atoms with Gasteiger partial charge in [-0.05, 0) is 43.2 Å². The lowest BCUT2D eigenvalue weighted by Crippen LogP contribution is -2.51. The van der Waals surface area contributed by atoms with Crippen LogP contribution in [0.25, 0.3) is 10.8 Å². The van der Waals surface area contributed by atoms with Gasteiger partial charge in [-0.15, -0.1) is 0 Å². The lowest BCUT2D eigenvalue weighted by atomic mass is 9.94. The number of alkyl carbamates (subject to hydrolysis) is 1. The number of hydrogen-bond donors (Lipinski definition) is 2. The second-order valence-corrected chi connectivity index (χ2v) is 8.67. The predicted molar refractivity (Wildman–Crippen MR) is 140 cm³/mol. The number of ether oxygens (including phenoxy) is 2. The molecule has 0 aromatic heterocycles. The standard InChI is InChI=1S/C28H31N3O6/c1-17(29)26(33)31(19(3)27(34)36-4)23-15-14-21-12-8-9-13-22(21)24(23)25(32)18(2)30-28(35)37-16-20-10-6-5-7-11-20/h5-15,17-19H,16,29H2,1-4H3,(H,30,35)/t17-,18+,19-/m0/s1. The van der Waals surface area contributed by atoms with Crippen LogP contribution < -0.4 is 16.0 Å². The zero-order valence-electron chi connectivity index (χ0n) is 21.3. The van der Waals surface area contributed by atoms with Crippen molar-refractivity contribution in [3.8, 4) is 0 Å². The van der Waals surface area contributed by atoms with E-state index >= 15 is 0 Å². The highest BCUT2D eigenvalue weighted by atomic mass is 16.5. The quantitative estimate of drug-likeness (QED) is 0.336. The van der Waals surface area contributed by atoms with E-state index in [0.29, 0.717) is 5.39 Å². The zero-order chi connectivity index (χ0) is 27.1. The van der Waals surface area contributed by atoms with E-state index in [1.807, 2.05) is 42.5 Å². The molecule has 3 aromatic carbocycles. The van der Waals surface area contributed by atoms with E-state index in [9.17, 15) is 19.2 Å². The Morgan fingerprint density at radius 3 is 2.22 bits per heavy atom. The molecule has 3 rings (SSSR count). The summed E-state index contributed by atoms with van der Waals surface area (Å²) >= 11 is 0. The van der Waals surface area contributed by atoms with Crippen LogP contribution in [-0.2, 0) is 25.7 Å². The highest BCUT2D eigenvalue weighted by Crippen LogP contribution is 2.32. The number of nitrogens with two attached hydrogens (primary N) is 1. The van der Waals surface area contributed by atoms with Gasteiger partial charge in [-0.3, -0.25) is 14.5 Å². The third-order valence-electron chi connectivity index (χ3n) is 5.91. The third kappa shape index (κ3) is 6.31. The number of hydrogen-bond acceptors (Lipinski definition) is 7. The smallest absolute Gasteiger partial charge is 0.408 e. The van der Waals surface area contributed by atoms with Crippen LogP contribution in [0.2, 0.25) is 0 Å². The molecule has 3 atom stereocenters. The van der Waals surface area contributed by atoms with Crippen molar-refractivity contribution in [1.82, 2.24) is 5.32 Å². The number of ketones is 1. The second-order valence-electron chi connectivity index (χ2n) is 8.67. The van der Waals surface area contributed by atoms with E-state index in [4.69, 9.17) is 15.2 Å². The Morgan fingerprint density at radius 1 is 0.919 bits per heavy atom. The summed E-state index contributed by atoms with van der Waals surface area (Å²) in [4.78, 5) is 53.0. The highest BCUT2D eigenvalue weighted by molar-refractivity contribution is 6.18. The van der Waals surface area contributed by atoms with Gasteiger partial charge in [0.05, 0.1) is 30.4 Å². The lowest BCUT2D eigenvalue weighted by molar-refractivity contribution is -0.143. The van der Waals surface area contributed by atoms with Gasteiger partial charge in [0.15, 0.2) is 5.78 Å². The Hall–Kier alpha value is -4.24. The molecule has 9 heteroatoms. The van der Waals surface area contributed by atoms with Crippen LogP contribution >= 0.6 is 0 Å². The predicted octanol–water partition coefficient (Wildman–Crippen LogP) is 3.58. The van der Waals surface area contributed by atoms with Gasteiger partial charge in [-0.25, -0.2) is 9.59 Å². The summed E-state index contributed by atoms with van der Waals surface area (Å²) in [5.41, 5.74) is 7.05. The van der Waals surface area contributed by atoms with Crippen LogP contribution in [0.5, 0.6) is 0 Å². The fourth-order valence-electron chi connectivity index (χ4n) is 3.96. The Morgan fingerprint density at radius 2 is 1.57 bits per heavy atom. The number of carbonyl (C=O) groups excluding carboxylic acids is 4. The van der Waals surface area contributed by atoms with E-state index in [1.165, 1.54) is 32.8 Å². The van der Waals surface area contributed by atoms with Crippen LogP contribution in [0.15, 0.2) is 66.7 Å². The average molecular weight is 506 g/mol. The molecule has 0 bridgehead atoms. The van der Waals surface area contributed by atoms with Crippen molar-refractivity contribution in [2.24, 2.45) is 5.73 Å². The molecular weight excluding hydrogens is 474 g/mol. The molecule has 0 saturated carbocycles.